The van der Waals surface area contributed by atoms with Gasteiger partial charge in [0.1, 0.15) is 17.3 Å². The van der Waals surface area contributed by atoms with Crippen LogP contribution in [-0.2, 0) is 0 Å². The number of benzene rings is 3. The molecule has 3 aromatic rings. The van der Waals surface area contributed by atoms with Gasteiger partial charge in [-0.3, -0.25) is 4.90 Å². The zero-order valence-electron chi connectivity index (χ0n) is 16.1. The normalized spacial score (nSPS) is 15.3. The van der Waals surface area contributed by atoms with E-state index in [0.29, 0.717) is 49.1 Å². The molecule has 0 spiro atoms. The molecule has 0 radical (unpaired) electrons. The minimum absolute atomic E-state index is 0.0355. The first-order valence-electron chi connectivity index (χ1n) is 9.77. The van der Waals surface area contributed by atoms with Crippen LogP contribution < -0.4 is 14.5 Å². The van der Waals surface area contributed by atoms with Gasteiger partial charge in [0.25, 0.3) is 0 Å². The minimum atomic E-state index is -0.592. The standard InChI is InChI=1S/C23H19F2N3O2/c24-16-6-5-7-17(25)22(16)26-12-14-27(15-13-26)23(29)28-18-8-1-3-10-20(18)30-21-11-4-2-9-19(21)28/h1-11H,12-15H2. The molecule has 0 aliphatic carbocycles. The second kappa shape index (κ2) is 7.33. The van der Waals surface area contributed by atoms with Crippen LogP contribution in [-0.4, -0.2) is 37.1 Å². The number of urea groups is 1. The molecule has 152 valence electrons. The van der Waals surface area contributed by atoms with Crippen LogP contribution in [0.3, 0.4) is 0 Å². The number of halogens is 2. The molecule has 2 heterocycles. The molecule has 30 heavy (non-hydrogen) atoms. The van der Waals surface area contributed by atoms with E-state index < -0.39 is 11.6 Å². The summed E-state index contributed by atoms with van der Waals surface area (Å²) in [5.41, 5.74) is 1.30. The zero-order valence-corrected chi connectivity index (χ0v) is 16.1. The molecule has 2 amide bonds. The number of anilines is 3. The van der Waals surface area contributed by atoms with Crippen LogP contribution in [0.15, 0.2) is 66.7 Å². The van der Waals surface area contributed by atoms with E-state index in [0.717, 1.165) is 0 Å². The Morgan fingerprint density at radius 3 is 1.83 bits per heavy atom. The first-order valence-corrected chi connectivity index (χ1v) is 9.77. The van der Waals surface area contributed by atoms with E-state index in [4.69, 9.17) is 4.74 Å². The topological polar surface area (TPSA) is 36.0 Å². The van der Waals surface area contributed by atoms with Crippen LogP contribution in [0.4, 0.5) is 30.6 Å². The minimum Gasteiger partial charge on any atom is -0.453 e. The van der Waals surface area contributed by atoms with Gasteiger partial charge in [0.15, 0.2) is 11.5 Å². The first-order chi connectivity index (χ1) is 14.6. The number of rotatable bonds is 1. The Balaban J connectivity index is 1.40. The van der Waals surface area contributed by atoms with Gasteiger partial charge in [0, 0.05) is 26.2 Å². The number of nitrogens with zero attached hydrogens (tertiary/aromatic N) is 3. The number of hydrogen-bond donors (Lipinski definition) is 0. The molecule has 2 aliphatic heterocycles. The molecule has 3 aromatic carbocycles. The van der Waals surface area contributed by atoms with Crippen molar-refractivity contribution in [2.75, 3.05) is 36.0 Å². The summed E-state index contributed by atoms with van der Waals surface area (Å²) in [6.07, 6.45) is 0. The number of carbonyl (C=O) groups excluding carboxylic acids is 1. The van der Waals surface area contributed by atoms with Gasteiger partial charge in [-0.15, -0.1) is 0 Å². The van der Waals surface area contributed by atoms with Crippen LogP contribution >= 0.6 is 0 Å². The summed E-state index contributed by atoms with van der Waals surface area (Å²) in [7, 11) is 0. The predicted octanol–water partition coefficient (Wildman–Crippen LogP) is 5.15. The third kappa shape index (κ3) is 3.03. The zero-order chi connectivity index (χ0) is 20.7. The SMILES string of the molecule is O=C(N1CCN(c2c(F)cccc2F)CC1)N1c2ccccc2Oc2ccccc21. The number of hydrogen-bond acceptors (Lipinski definition) is 3. The third-order valence-electron chi connectivity index (χ3n) is 5.43. The van der Waals surface area contributed by atoms with E-state index in [1.165, 1.54) is 18.2 Å². The van der Waals surface area contributed by atoms with Crippen LogP contribution in [0.1, 0.15) is 0 Å². The number of amides is 2. The Kier molecular flexibility index (Phi) is 4.50. The molecular weight excluding hydrogens is 388 g/mol. The van der Waals surface area contributed by atoms with Gasteiger partial charge in [-0.25, -0.2) is 13.6 Å². The molecule has 5 nitrogen and oxygen atoms in total. The molecule has 0 atom stereocenters. The Morgan fingerprint density at radius 2 is 1.27 bits per heavy atom. The summed E-state index contributed by atoms with van der Waals surface area (Å²) >= 11 is 0. The molecular formula is C23H19F2N3O2. The maximum atomic E-state index is 14.1. The summed E-state index contributed by atoms with van der Waals surface area (Å²) in [6, 6.07) is 18.4. The van der Waals surface area contributed by atoms with E-state index in [2.05, 4.69) is 0 Å². The lowest BCUT2D eigenvalue weighted by molar-refractivity contribution is 0.203. The molecule has 0 saturated carbocycles. The Bertz CT molecular complexity index is 1050. The average molecular weight is 407 g/mol. The van der Waals surface area contributed by atoms with Gasteiger partial charge in [0.05, 0.1) is 11.4 Å². The van der Waals surface area contributed by atoms with Gasteiger partial charge in [0.2, 0.25) is 0 Å². The summed E-state index contributed by atoms with van der Waals surface area (Å²) in [5, 5.41) is 0. The Labute approximate surface area is 172 Å². The maximum Gasteiger partial charge on any atom is 0.329 e. The van der Waals surface area contributed by atoms with Gasteiger partial charge in [-0.2, -0.15) is 0 Å². The van der Waals surface area contributed by atoms with Crippen molar-refractivity contribution in [2.45, 2.75) is 0 Å². The number of ether oxygens (including phenoxy) is 1. The number of para-hydroxylation sites is 5. The molecule has 7 heteroatoms. The highest BCUT2D eigenvalue weighted by Gasteiger charge is 2.33. The van der Waals surface area contributed by atoms with Crippen molar-refractivity contribution in [1.82, 2.24) is 4.90 Å². The second-order valence-corrected chi connectivity index (χ2v) is 7.20. The third-order valence-corrected chi connectivity index (χ3v) is 5.43. The van der Waals surface area contributed by atoms with Crippen molar-refractivity contribution >= 4 is 23.1 Å². The first kappa shape index (κ1) is 18.4. The van der Waals surface area contributed by atoms with Crippen molar-refractivity contribution in [2.24, 2.45) is 0 Å². The number of piperazine rings is 1. The lowest BCUT2D eigenvalue weighted by atomic mass is 10.1. The summed E-state index contributed by atoms with van der Waals surface area (Å²) < 4.78 is 34.2. The van der Waals surface area contributed by atoms with Gasteiger partial charge in [-0.05, 0) is 36.4 Å². The maximum absolute atomic E-state index is 14.1. The number of carbonyl (C=O) groups is 1. The van der Waals surface area contributed by atoms with Crippen LogP contribution in [0.5, 0.6) is 11.5 Å². The molecule has 0 aromatic heterocycles. The molecule has 1 fully saturated rings. The van der Waals surface area contributed by atoms with Crippen LogP contribution in [0, 0.1) is 11.6 Å². The quantitative estimate of drug-likeness (QED) is 0.560. The molecule has 2 aliphatic rings. The van der Waals surface area contributed by atoms with Crippen LogP contribution in [0.25, 0.3) is 0 Å². The van der Waals surface area contributed by atoms with E-state index in [1.54, 1.807) is 14.7 Å². The fourth-order valence-electron chi connectivity index (χ4n) is 3.96. The van der Waals surface area contributed by atoms with E-state index in [9.17, 15) is 13.6 Å². The highest BCUT2D eigenvalue weighted by atomic mass is 19.1. The largest absolute Gasteiger partial charge is 0.453 e. The highest BCUT2D eigenvalue weighted by molar-refractivity contribution is 6.03. The second-order valence-electron chi connectivity index (χ2n) is 7.20. The molecule has 0 N–H and O–H groups in total. The monoisotopic (exact) mass is 407 g/mol. The fraction of sp³-hybridized carbons (Fsp3) is 0.174. The Hall–Kier alpha value is -3.61. The molecule has 1 saturated heterocycles. The number of fused-ring (bicyclic) bond motifs is 2. The molecule has 5 rings (SSSR count). The molecule has 0 unspecified atom stereocenters. The van der Waals surface area contributed by atoms with Gasteiger partial charge < -0.3 is 14.5 Å². The van der Waals surface area contributed by atoms with Crippen molar-refractivity contribution in [1.29, 1.82) is 0 Å². The summed E-state index contributed by atoms with van der Waals surface area (Å²) in [4.78, 5) is 18.5. The van der Waals surface area contributed by atoms with Gasteiger partial charge >= 0.3 is 6.03 Å². The van der Waals surface area contributed by atoms with Crippen molar-refractivity contribution in [3.05, 3.63) is 78.4 Å². The summed E-state index contributed by atoms with van der Waals surface area (Å²) in [5.74, 6) is 0.0323. The smallest absolute Gasteiger partial charge is 0.329 e. The summed E-state index contributed by atoms with van der Waals surface area (Å²) in [6.45, 7) is 1.40. The van der Waals surface area contributed by atoms with Crippen molar-refractivity contribution in [3.63, 3.8) is 0 Å². The van der Waals surface area contributed by atoms with Crippen molar-refractivity contribution < 1.29 is 18.3 Å². The van der Waals surface area contributed by atoms with Gasteiger partial charge in [-0.1, -0.05) is 30.3 Å². The van der Waals surface area contributed by atoms with E-state index >= 15 is 0 Å². The van der Waals surface area contributed by atoms with Crippen LogP contribution in [0.2, 0.25) is 0 Å². The Morgan fingerprint density at radius 1 is 0.733 bits per heavy atom. The predicted molar refractivity (Wildman–Crippen MR) is 111 cm³/mol. The average Bonchev–Trinajstić information content (AvgIpc) is 2.77. The van der Waals surface area contributed by atoms with E-state index in [1.807, 2.05) is 48.5 Å². The lowest BCUT2D eigenvalue weighted by Crippen LogP contribution is -2.52. The molecule has 0 bridgehead atoms. The highest BCUT2D eigenvalue weighted by Crippen LogP contribution is 2.46. The fourth-order valence-corrected chi connectivity index (χ4v) is 3.96. The van der Waals surface area contributed by atoms with E-state index in [-0.39, 0.29) is 11.7 Å². The van der Waals surface area contributed by atoms with Crippen molar-refractivity contribution in [3.8, 4) is 11.5 Å². The lowest BCUT2D eigenvalue weighted by Gasteiger charge is -2.40.